The Morgan fingerprint density at radius 3 is 1.31 bits per heavy atom. The quantitative estimate of drug-likeness (QED) is 0.0377. The molecule has 282 valence electrons. The monoisotopic (exact) mass is 716 g/mol. The number of hydrogen-bond donors (Lipinski definition) is 8. The van der Waals surface area contributed by atoms with Crippen molar-refractivity contribution < 1.29 is 19.2 Å². The molecule has 1 aromatic carbocycles. The molecule has 2 aromatic heterocycles. The molecule has 14 nitrogen and oxygen atoms in total. The zero-order valence-electron chi connectivity index (χ0n) is 30.9. The van der Waals surface area contributed by atoms with Gasteiger partial charge in [0.05, 0.1) is 23.0 Å². The summed E-state index contributed by atoms with van der Waals surface area (Å²) in [5.41, 5.74) is 13.3. The number of amides is 4. The van der Waals surface area contributed by atoms with E-state index < -0.39 is 0 Å². The summed E-state index contributed by atoms with van der Waals surface area (Å²) in [6, 6.07) is 9.56. The van der Waals surface area contributed by atoms with Crippen molar-refractivity contribution in [3.05, 3.63) is 71.3 Å². The molecule has 2 heterocycles. The maximum absolute atomic E-state index is 13.2. The van der Waals surface area contributed by atoms with Crippen LogP contribution < -0.4 is 32.7 Å². The fourth-order valence-electron chi connectivity index (χ4n) is 5.35. The molecule has 0 radical (unpaired) electrons. The van der Waals surface area contributed by atoms with Crippen molar-refractivity contribution in [2.75, 3.05) is 23.7 Å². The van der Waals surface area contributed by atoms with Gasteiger partial charge in [-0.05, 0) is 86.8 Å². The first-order chi connectivity index (χ1) is 24.7. The van der Waals surface area contributed by atoms with Crippen molar-refractivity contribution in [1.29, 1.82) is 10.8 Å². The molecule has 0 bridgehead atoms. The number of unbranched alkanes of at least 4 members (excludes halogenated alkanes) is 2. The minimum atomic E-state index is -0.386. The van der Waals surface area contributed by atoms with Crippen LogP contribution in [0.1, 0.15) is 121 Å². The van der Waals surface area contributed by atoms with E-state index in [1.165, 1.54) is 0 Å². The Morgan fingerprint density at radius 1 is 0.615 bits per heavy atom. The molecule has 0 atom stereocenters. The molecule has 4 amide bonds. The second kappa shape index (κ2) is 20.4. The summed E-state index contributed by atoms with van der Waals surface area (Å²) in [6.45, 7) is 10.5. The van der Waals surface area contributed by atoms with Crippen LogP contribution in [0.5, 0.6) is 0 Å². The number of nitrogens with zero attached hydrogens (tertiary/aromatic N) is 2. The maximum Gasteiger partial charge on any atom is 0.267 e. The van der Waals surface area contributed by atoms with Gasteiger partial charge in [0.2, 0.25) is 0 Å². The highest BCUT2D eigenvalue weighted by Crippen LogP contribution is 2.20. The number of rotatable bonds is 22. The predicted octanol–water partition coefficient (Wildman–Crippen LogP) is 5.56. The van der Waals surface area contributed by atoms with Gasteiger partial charge in [0.1, 0.15) is 11.4 Å². The SMILES string of the molecule is CC(C)CCn1cc(NC(=O)c2ccc(C(=O)Nc3cc(C(=O)NCCCCC(=N)N)n(CCC(C)C)c3)cc2)cc1C(=O)NCCCCC(=N)N. The number of hydrogen-bond acceptors (Lipinski definition) is 6. The predicted molar refractivity (Wildman–Crippen MR) is 206 cm³/mol. The van der Waals surface area contributed by atoms with E-state index in [1.807, 2.05) is 9.13 Å². The summed E-state index contributed by atoms with van der Waals surface area (Å²) in [4.78, 5) is 52.4. The van der Waals surface area contributed by atoms with Crippen molar-refractivity contribution in [3.63, 3.8) is 0 Å². The molecule has 0 unspecified atom stereocenters. The number of anilines is 2. The normalized spacial score (nSPS) is 11.0. The van der Waals surface area contributed by atoms with Crippen LogP contribution in [-0.4, -0.2) is 57.5 Å². The van der Waals surface area contributed by atoms with E-state index in [2.05, 4.69) is 49.0 Å². The summed E-state index contributed by atoms with van der Waals surface area (Å²) in [7, 11) is 0. The second-order valence-electron chi connectivity index (χ2n) is 13.9. The summed E-state index contributed by atoms with van der Waals surface area (Å²) < 4.78 is 3.69. The number of benzene rings is 1. The van der Waals surface area contributed by atoms with Crippen LogP contribution in [0.15, 0.2) is 48.8 Å². The van der Waals surface area contributed by atoms with Crippen LogP contribution in [0.25, 0.3) is 0 Å². The molecule has 0 aliphatic carbocycles. The van der Waals surface area contributed by atoms with E-state index in [0.717, 1.165) is 12.8 Å². The number of nitrogens with two attached hydrogens (primary N) is 2. The zero-order chi connectivity index (χ0) is 38.2. The lowest BCUT2D eigenvalue weighted by molar-refractivity contribution is 0.0935. The number of aryl methyl sites for hydroxylation is 2. The molecule has 0 aliphatic rings. The molecule has 0 saturated heterocycles. The molecule has 10 N–H and O–H groups in total. The third-order valence-electron chi connectivity index (χ3n) is 8.40. The van der Waals surface area contributed by atoms with Gasteiger partial charge in [0.25, 0.3) is 23.6 Å². The van der Waals surface area contributed by atoms with Crippen molar-refractivity contribution in [3.8, 4) is 0 Å². The van der Waals surface area contributed by atoms with Crippen LogP contribution >= 0.6 is 0 Å². The third-order valence-corrected chi connectivity index (χ3v) is 8.40. The first kappa shape index (κ1) is 41.0. The molecule has 0 saturated carbocycles. The van der Waals surface area contributed by atoms with Crippen LogP contribution in [-0.2, 0) is 13.1 Å². The van der Waals surface area contributed by atoms with Gasteiger partial charge in [-0.15, -0.1) is 0 Å². The number of aromatic nitrogens is 2. The summed E-state index contributed by atoms with van der Waals surface area (Å²) in [6.07, 6.45) is 9.01. The first-order valence-electron chi connectivity index (χ1n) is 18.1. The molecule has 52 heavy (non-hydrogen) atoms. The molecule has 3 aromatic rings. The van der Waals surface area contributed by atoms with Gasteiger partial charge in [-0.1, -0.05) is 27.7 Å². The van der Waals surface area contributed by atoms with Crippen LogP contribution in [0.4, 0.5) is 11.4 Å². The summed E-state index contributed by atoms with van der Waals surface area (Å²) in [5, 5.41) is 26.3. The fourth-order valence-corrected chi connectivity index (χ4v) is 5.35. The van der Waals surface area contributed by atoms with E-state index >= 15 is 0 Å². The van der Waals surface area contributed by atoms with Crippen LogP contribution in [0.3, 0.4) is 0 Å². The van der Waals surface area contributed by atoms with E-state index in [-0.39, 0.29) is 35.3 Å². The largest absolute Gasteiger partial charge is 0.388 e. The Hall–Kier alpha value is -5.40. The molecule has 0 aliphatic heterocycles. The Morgan fingerprint density at radius 2 is 0.981 bits per heavy atom. The van der Waals surface area contributed by atoms with Gasteiger partial charge in [0.15, 0.2) is 0 Å². The number of carbonyl (C=O) groups is 4. The highest BCUT2D eigenvalue weighted by atomic mass is 16.2. The van der Waals surface area contributed by atoms with Gasteiger partial charge >= 0.3 is 0 Å². The fraction of sp³-hybridized carbons (Fsp3) is 0.474. The van der Waals surface area contributed by atoms with Gasteiger partial charge < -0.3 is 41.9 Å². The van der Waals surface area contributed by atoms with Crippen molar-refractivity contribution in [1.82, 2.24) is 19.8 Å². The van der Waals surface area contributed by atoms with Gasteiger partial charge in [-0.2, -0.15) is 0 Å². The maximum atomic E-state index is 13.2. The minimum Gasteiger partial charge on any atom is -0.388 e. The van der Waals surface area contributed by atoms with E-state index in [1.54, 1.807) is 48.8 Å². The summed E-state index contributed by atoms with van der Waals surface area (Å²) >= 11 is 0. The van der Waals surface area contributed by atoms with E-state index in [4.69, 9.17) is 22.3 Å². The minimum absolute atomic E-state index is 0.127. The number of amidine groups is 2. The lowest BCUT2D eigenvalue weighted by Gasteiger charge is -2.11. The van der Waals surface area contributed by atoms with Gasteiger partial charge in [-0.25, -0.2) is 0 Å². The Labute approximate surface area is 306 Å². The molecule has 14 heteroatoms. The molecule has 3 rings (SSSR count). The Balaban J connectivity index is 1.65. The highest BCUT2D eigenvalue weighted by molar-refractivity contribution is 6.08. The summed E-state index contributed by atoms with van der Waals surface area (Å²) in [5.74, 6) is -0.162. The molecule has 0 spiro atoms. The smallest absolute Gasteiger partial charge is 0.267 e. The molecular weight excluding hydrogens is 660 g/mol. The van der Waals surface area contributed by atoms with Crippen LogP contribution in [0.2, 0.25) is 0 Å². The van der Waals surface area contributed by atoms with Crippen LogP contribution in [0, 0.1) is 22.7 Å². The standard InChI is InChI=1S/C38H56N10O4/c1-25(2)15-19-47-23-29(21-31(47)37(51)43-17-7-5-9-33(39)40)45-35(49)27-11-13-28(14-12-27)36(50)46-30-22-32(48(24-30)20-16-26(3)4)38(52)44-18-8-6-10-34(41)42/h11-14,21-26H,5-10,15-20H2,1-4H3,(H3,39,40)(H3,41,42)(H,43,51)(H,44,52)(H,45,49)(H,46,50). The third kappa shape index (κ3) is 13.7. The lowest BCUT2D eigenvalue weighted by Crippen LogP contribution is -2.27. The van der Waals surface area contributed by atoms with Crippen molar-refractivity contribution in [2.45, 2.75) is 92.2 Å². The molecular formula is C38H56N10O4. The topological polar surface area (TPSA) is 226 Å². The average molecular weight is 717 g/mol. The zero-order valence-corrected chi connectivity index (χ0v) is 30.9. The van der Waals surface area contributed by atoms with Gasteiger partial charge in [-0.3, -0.25) is 30.0 Å². The van der Waals surface area contributed by atoms with E-state index in [9.17, 15) is 19.2 Å². The average Bonchev–Trinajstić information content (AvgIpc) is 3.69. The highest BCUT2D eigenvalue weighted by Gasteiger charge is 2.18. The lowest BCUT2D eigenvalue weighted by atomic mass is 10.1. The van der Waals surface area contributed by atoms with E-state index in [0.29, 0.717) is 110 Å². The second-order valence-corrected chi connectivity index (χ2v) is 13.9. The Bertz CT molecular complexity index is 1560. The number of nitrogens with one attached hydrogen (secondary N) is 6. The molecule has 0 fully saturated rings. The number of carbonyl (C=O) groups excluding carboxylic acids is 4. The van der Waals surface area contributed by atoms with Crippen molar-refractivity contribution >= 4 is 46.7 Å². The Kier molecular flexibility index (Phi) is 16.1. The van der Waals surface area contributed by atoms with Gasteiger partial charge in [0, 0.05) is 62.5 Å². The van der Waals surface area contributed by atoms with Crippen molar-refractivity contribution in [2.24, 2.45) is 23.3 Å². The first-order valence-corrected chi connectivity index (χ1v) is 18.1.